The van der Waals surface area contributed by atoms with Crippen LogP contribution < -0.4 is 0 Å². The second kappa shape index (κ2) is 4.35. The highest BCUT2D eigenvalue weighted by Gasteiger charge is 2.43. The van der Waals surface area contributed by atoms with Crippen molar-refractivity contribution in [1.29, 1.82) is 0 Å². The minimum atomic E-state index is 0.587. The second-order valence-corrected chi connectivity index (χ2v) is 7.87. The van der Waals surface area contributed by atoms with E-state index in [2.05, 4.69) is 27.7 Å². The van der Waals surface area contributed by atoms with Crippen molar-refractivity contribution in [2.45, 2.75) is 79.1 Å². The zero-order valence-electron chi connectivity index (χ0n) is 11.8. The van der Waals surface area contributed by atoms with E-state index in [4.69, 9.17) is 0 Å². The molecule has 0 spiro atoms. The molecule has 0 radical (unpaired) electrons. The van der Waals surface area contributed by atoms with E-state index < -0.39 is 0 Å². The minimum absolute atomic E-state index is 0.587. The Morgan fingerprint density at radius 3 is 2.00 bits per heavy atom. The van der Waals surface area contributed by atoms with Crippen LogP contribution in [0.2, 0.25) is 0 Å². The van der Waals surface area contributed by atoms with E-state index in [1.807, 2.05) is 0 Å². The Morgan fingerprint density at radius 2 is 1.44 bits per heavy atom. The molecule has 0 aromatic rings. The van der Waals surface area contributed by atoms with Crippen LogP contribution in [0.25, 0.3) is 0 Å². The first-order valence-electron chi connectivity index (χ1n) is 7.41. The zero-order valence-corrected chi connectivity index (χ0v) is 11.8. The summed E-state index contributed by atoms with van der Waals surface area (Å²) in [6, 6.07) is 0. The number of hydrogen-bond donors (Lipinski definition) is 0. The molecule has 94 valence electrons. The van der Waals surface area contributed by atoms with Gasteiger partial charge in [-0.2, -0.15) is 0 Å². The van der Waals surface area contributed by atoms with Crippen LogP contribution in [-0.2, 0) is 0 Å². The molecule has 2 fully saturated rings. The predicted octanol–water partition coefficient (Wildman–Crippen LogP) is 5.42. The summed E-state index contributed by atoms with van der Waals surface area (Å²) >= 11 is 0. The van der Waals surface area contributed by atoms with Crippen LogP contribution >= 0.6 is 0 Å². The van der Waals surface area contributed by atoms with Crippen molar-refractivity contribution < 1.29 is 0 Å². The normalized spacial score (nSPS) is 34.9. The first-order valence-corrected chi connectivity index (χ1v) is 7.41. The quantitative estimate of drug-likeness (QED) is 0.556. The monoisotopic (exact) mass is 222 g/mol. The Hall–Kier alpha value is 0. The Bertz CT molecular complexity index is 230. The molecule has 2 rings (SSSR count). The summed E-state index contributed by atoms with van der Waals surface area (Å²) in [5.74, 6) is 2.07. The summed E-state index contributed by atoms with van der Waals surface area (Å²) < 4.78 is 0. The Labute approximate surface area is 102 Å². The molecule has 16 heavy (non-hydrogen) atoms. The molecule has 0 heterocycles. The number of rotatable bonds is 1. The highest BCUT2D eigenvalue weighted by atomic mass is 14.5. The highest BCUT2D eigenvalue weighted by Crippen LogP contribution is 2.53. The van der Waals surface area contributed by atoms with Crippen molar-refractivity contribution in [2.75, 3.05) is 0 Å². The predicted molar refractivity (Wildman–Crippen MR) is 71.5 cm³/mol. The fraction of sp³-hybridized carbons (Fsp3) is 1.00. The summed E-state index contributed by atoms with van der Waals surface area (Å²) in [5, 5.41) is 0. The summed E-state index contributed by atoms with van der Waals surface area (Å²) in [4.78, 5) is 0. The molecule has 0 bridgehead atoms. The average Bonchev–Trinajstić information content (AvgIpc) is 2.16. The lowest BCUT2D eigenvalue weighted by molar-refractivity contribution is 0.00323. The van der Waals surface area contributed by atoms with Crippen LogP contribution in [0.4, 0.5) is 0 Å². The molecule has 2 aliphatic rings. The summed E-state index contributed by atoms with van der Waals surface area (Å²) in [7, 11) is 0. The highest BCUT2D eigenvalue weighted by molar-refractivity contribution is 4.93. The van der Waals surface area contributed by atoms with Gasteiger partial charge in [0.1, 0.15) is 0 Å². The molecular formula is C16H30. The van der Waals surface area contributed by atoms with Gasteiger partial charge in [0.25, 0.3) is 0 Å². The Balaban J connectivity index is 2.04. The lowest BCUT2D eigenvalue weighted by Gasteiger charge is -2.50. The summed E-state index contributed by atoms with van der Waals surface area (Å²) in [6.45, 7) is 10.00. The smallest absolute Gasteiger partial charge is 0.0318 e. The maximum Gasteiger partial charge on any atom is -0.0318 e. The van der Waals surface area contributed by atoms with Gasteiger partial charge in [-0.25, -0.2) is 0 Å². The van der Waals surface area contributed by atoms with E-state index in [0.717, 1.165) is 11.8 Å². The molecule has 0 aromatic carbocycles. The fourth-order valence-electron chi connectivity index (χ4n) is 4.80. The third-order valence-corrected chi connectivity index (χ3v) is 5.29. The van der Waals surface area contributed by atoms with Gasteiger partial charge in [0.2, 0.25) is 0 Å². The van der Waals surface area contributed by atoms with Gasteiger partial charge < -0.3 is 0 Å². The van der Waals surface area contributed by atoms with Gasteiger partial charge in [-0.15, -0.1) is 0 Å². The summed E-state index contributed by atoms with van der Waals surface area (Å²) in [5.41, 5.74) is 1.18. The van der Waals surface area contributed by atoms with Gasteiger partial charge in [-0.1, -0.05) is 59.8 Å². The van der Waals surface area contributed by atoms with Crippen LogP contribution in [0.3, 0.4) is 0 Å². The summed E-state index contributed by atoms with van der Waals surface area (Å²) in [6.07, 6.45) is 11.9. The van der Waals surface area contributed by atoms with Crippen molar-refractivity contribution in [1.82, 2.24) is 0 Å². The van der Waals surface area contributed by atoms with E-state index in [-0.39, 0.29) is 0 Å². The molecule has 0 heteroatoms. The molecule has 0 aromatic heterocycles. The lowest BCUT2D eigenvalue weighted by Crippen LogP contribution is -2.40. The molecule has 1 atom stereocenters. The fourth-order valence-corrected chi connectivity index (χ4v) is 4.80. The second-order valence-electron chi connectivity index (χ2n) is 7.87. The van der Waals surface area contributed by atoms with Gasteiger partial charge in [-0.05, 0) is 41.9 Å². The standard InChI is InChI=1S/C16H30/c1-15(2)11-10-14(16(3,4)12-15)13-8-6-5-7-9-13/h13-14H,5-12H2,1-4H3. The first-order chi connectivity index (χ1) is 7.41. The maximum atomic E-state index is 2.53. The van der Waals surface area contributed by atoms with Crippen molar-refractivity contribution in [3.8, 4) is 0 Å². The largest absolute Gasteiger partial charge is 0.0599 e. The molecule has 0 amide bonds. The van der Waals surface area contributed by atoms with Crippen LogP contribution in [-0.4, -0.2) is 0 Å². The Kier molecular flexibility index (Phi) is 3.39. The molecule has 0 aliphatic heterocycles. The average molecular weight is 222 g/mol. The van der Waals surface area contributed by atoms with Gasteiger partial charge in [0.15, 0.2) is 0 Å². The van der Waals surface area contributed by atoms with Gasteiger partial charge in [-0.3, -0.25) is 0 Å². The Morgan fingerprint density at radius 1 is 0.812 bits per heavy atom. The molecular weight excluding hydrogens is 192 g/mol. The minimum Gasteiger partial charge on any atom is -0.0599 e. The van der Waals surface area contributed by atoms with Crippen LogP contribution in [0, 0.1) is 22.7 Å². The molecule has 0 N–H and O–H groups in total. The van der Waals surface area contributed by atoms with E-state index in [1.165, 1.54) is 51.4 Å². The molecule has 1 unspecified atom stereocenters. The molecule has 2 aliphatic carbocycles. The van der Waals surface area contributed by atoms with Crippen LogP contribution in [0.15, 0.2) is 0 Å². The van der Waals surface area contributed by atoms with E-state index in [0.29, 0.717) is 10.8 Å². The van der Waals surface area contributed by atoms with Gasteiger partial charge in [0, 0.05) is 0 Å². The SMILES string of the molecule is CC1(C)CCC(C2CCCCC2)C(C)(C)C1. The molecule has 0 nitrogen and oxygen atoms in total. The van der Waals surface area contributed by atoms with Crippen molar-refractivity contribution in [3.05, 3.63) is 0 Å². The van der Waals surface area contributed by atoms with E-state index in [9.17, 15) is 0 Å². The number of hydrogen-bond acceptors (Lipinski definition) is 0. The van der Waals surface area contributed by atoms with Crippen molar-refractivity contribution in [3.63, 3.8) is 0 Å². The van der Waals surface area contributed by atoms with Crippen molar-refractivity contribution >= 4 is 0 Å². The first kappa shape index (κ1) is 12.5. The van der Waals surface area contributed by atoms with Crippen LogP contribution in [0.1, 0.15) is 79.1 Å². The van der Waals surface area contributed by atoms with Gasteiger partial charge in [0.05, 0.1) is 0 Å². The lowest BCUT2D eigenvalue weighted by atomic mass is 9.55. The van der Waals surface area contributed by atoms with E-state index in [1.54, 1.807) is 0 Å². The molecule has 0 saturated heterocycles. The molecule has 2 saturated carbocycles. The van der Waals surface area contributed by atoms with E-state index >= 15 is 0 Å². The van der Waals surface area contributed by atoms with Crippen LogP contribution in [0.5, 0.6) is 0 Å². The van der Waals surface area contributed by atoms with Gasteiger partial charge >= 0.3 is 0 Å². The third-order valence-electron chi connectivity index (χ3n) is 5.29. The third kappa shape index (κ3) is 2.63. The topological polar surface area (TPSA) is 0 Å². The van der Waals surface area contributed by atoms with Crippen molar-refractivity contribution in [2.24, 2.45) is 22.7 Å². The maximum absolute atomic E-state index is 2.53. The zero-order chi connectivity index (χ0) is 11.8.